The van der Waals surface area contributed by atoms with E-state index in [-0.39, 0.29) is 5.92 Å². The number of hydrogen-bond acceptors (Lipinski definition) is 7. The first kappa shape index (κ1) is 23.4. The fraction of sp³-hybridized carbons (Fsp3) is 0.0909. The van der Waals surface area contributed by atoms with E-state index in [4.69, 9.17) is 34.3 Å². The largest absolute Gasteiger partial charge is 0.493 e. The smallest absolute Gasteiger partial charge is 0.228 e. The Morgan fingerprint density at radius 3 is 2.44 bits per heavy atom. The van der Waals surface area contributed by atoms with Gasteiger partial charge in [-0.2, -0.15) is 0 Å². The van der Waals surface area contributed by atoms with Crippen LogP contribution in [-0.4, -0.2) is 38.8 Å². The molecule has 0 bridgehead atoms. The van der Waals surface area contributed by atoms with Gasteiger partial charge >= 0.3 is 0 Å². The Labute approximate surface area is 234 Å². The van der Waals surface area contributed by atoms with Gasteiger partial charge in [-0.15, -0.1) is 5.10 Å². The normalized spacial score (nSPS) is 14.0. The van der Waals surface area contributed by atoms with E-state index in [9.17, 15) is 0 Å². The van der Waals surface area contributed by atoms with Crippen LogP contribution in [0.3, 0.4) is 0 Å². The fourth-order valence-electron chi connectivity index (χ4n) is 5.77. The van der Waals surface area contributed by atoms with Crippen LogP contribution >= 0.6 is 0 Å². The number of fused-ring (bicyclic) bond motifs is 7. The summed E-state index contributed by atoms with van der Waals surface area (Å²) in [5.41, 5.74) is 5.07. The van der Waals surface area contributed by atoms with Crippen molar-refractivity contribution in [2.45, 2.75) is 5.92 Å². The molecular formula is C33H23N5O3. The molecule has 1 unspecified atom stereocenters. The maximum atomic E-state index is 6.46. The van der Waals surface area contributed by atoms with Crippen LogP contribution in [0.15, 0.2) is 97.3 Å². The number of pyridine rings is 1. The molecule has 4 aromatic carbocycles. The van der Waals surface area contributed by atoms with Crippen molar-refractivity contribution >= 4 is 27.3 Å². The van der Waals surface area contributed by atoms with Crippen LogP contribution < -0.4 is 14.2 Å². The fourth-order valence-corrected chi connectivity index (χ4v) is 5.77. The van der Waals surface area contributed by atoms with E-state index in [0.717, 1.165) is 44.1 Å². The van der Waals surface area contributed by atoms with E-state index in [0.29, 0.717) is 34.5 Å². The van der Waals surface area contributed by atoms with Crippen LogP contribution in [-0.2, 0) is 0 Å². The van der Waals surface area contributed by atoms with Crippen LogP contribution in [0.2, 0.25) is 0 Å². The minimum atomic E-state index is -0.266. The summed E-state index contributed by atoms with van der Waals surface area (Å²) in [6, 6.07) is 30.4. The third kappa shape index (κ3) is 3.61. The van der Waals surface area contributed by atoms with Gasteiger partial charge in [0.15, 0.2) is 17.1 Å². The second kappa shape index (κ2) is 9.02. The number of benzene rings is 4. The third-order valence-electron chi connectivity index (χ3n) is 7.67. The highest BCUT2D eigenvalue weighted by atomic mass is 16.5. The average molecular weight is 538 g/mol. The zero-order valence-corrected chi connectivity index (χ0v) is 22.3. The van der Waals surface area contributed by atoms with Gasteiger partial charge in [-0.05, 0) is 46.7 Å². The SMILES string of the molecule is COc1ccc(C2c3c(ccc4ccccc34)Oc3ncn4nc(-c5ccc6ccccc6n5)nc4c32)cc1OC. The molecular weight excluding hydrogens is 514 g/mol. The summed E-state index contributed by atoms with van der Waals surface area (Å²) in [6.07, 6.45) is 1.64. The lowest BCUT2D eigenvalue weighted by Gasteiger charge is -2.29. The highest BCUT2D eigenvalue weighted by molar-refractivity contribution is 5.91. The highest BCUT2D eigenvalue weighted by Gasteiger charge is 2.35. The number of para-hydroxylation sites is 1. The molecule has 1 atom stereocenters. The molecule has 8 rings (SSSR count). The summed E-state index contributed by atoms with van der Waals surface area (Å²) >= 11 is 0. The Hall–Kier alpha value is -5.50. The van der Waals surface area contributed by atoms with E-state index in [1.54, 1.807) is 25.1 Å². The first-order valence-electron chi connectivity index (χ1n) is 13.2. The summed E-state index contributed by atoms with van der Waals surface area (Å²) in [7, 11) is 3.28. The van der Waals surface area contributed by atoms with Gasteiger partial charge in [0.05, 0.1) is 25.3 Å². The molecule has 198 valence electrons. The van der Waals surface area contributed by atoms with Gasteiger partial charge < -0.3 is 14.2 Å². The Morgan fingerprint density at radius 1 is 0.756 bits per heavy atom. The number of methoxy groups -OCH3 is 2. The van der Waals surface area contributed by atoms with E-state index in [2.05, 4.69) is 24.3 Å². The number of aromatic nitrogens is 5. The lowest BCUT2D eigenvalue weighted by molar-refractivity contribution is 0.354. The van der Waals surface area contributed by atoms with Crippen molar-refractivity contribution in [3.05, 3.63) is 114 Å². The van der Waals surface area contributed by atoms with E-state index >= 15 is 0 Å². The van der Waals surface area contributed by atoms with Crippen LogP contribution in [0.5, 0.6) is 23.1 Å². The minimum absolute atomic E-state index is 0.266. The molecule has 4 heterocycles. The topological polar surface area (TPSA) is 83.7 Å². The molecule has 7 aromatic rings. The molecule has 0 amide bonds. The molecule has 41 heavy (non-hydrogen) atoms. The molecule has 1 aliphatic heterocycles. The van der Waals surface area contributed by atoms with Crippen LogP contribution in [0.1, 0.15) is 22.6 Å². The van der Waals surface area contributed by atoms with Crippen molar-refractivity contribution < 1.29 is 14.2 Å². The number of hydrogen-bond donors (Lipinski definition) is 0. The third-order valence-corrected chi connectivity index (χ3v) is 7.67. The summed E-state index contributed by atoms with van der Waals surface area (Å²) in [5, 5.41) is 8.05. The molecule has 0 N–H and O–H groups in total. The van der Waals surface area contributed by atoms with Gasteiger partial charge in [0.2, 0.25) is 11.7 Å². The van der Waals surface area contributed by atoms with Crippen molar-refractivity contribution in [3.8, 4) is 34.6 Å². The Bertz CT molecular complexity index is 2140. The van der Waals surface area contributed by atoms with Gasteiger partial charge in [-0.25, -0.2) is 19.5 Å². The average Bonchev–Trinajstić information content (AvgIpc) is 3.48. The van der Waals surface area contributed by atoms with Gasteiger partial charge in [-0.1, -0.05) is 60.7 Å². The molecule has 0 spiro atoms. The van der Waals surface area contributed by atoms with E-state index in [1.807, 2.05) is 66.7 Å². The predicted octanol–water partition coefficient (Wildman–Crippen LogP) is 6.80. The standard InChI is InChI=1S/C33H23N5O3/c1-39-25-15-13-21(17-27(25)40-2)28-29-22-9-5-3-7-19(22)12-16-26(29)41-33-30(28)32-36-31(37-38(32)18-34-33)24-14-11-20-8-4-6-10-23(20)35-24/h3-18,28H,1-2H3. The van der Waals surface area contributed by atoms with Gasteiger partial charge in [-0.3, -0.25) is 0 Å². The summed E-state index contributed by atoms with van der Waals surface area (Å²) < 4.78 is 19.4. The molecule has 3 aromatic heterocycles. The van der Waals surface area contributed by atoms with E-state index in [1.165, 1.54) is 0 Å². The van der Waals surface area contributed by atoms with Crippen molar-refractivity contribution in [2.75, 3.05) is 14.2 Å². The quantitative estimate of drug-likeness (QED) is 0.244. The summed E-state index contributed by atoms with van der Waals surface area (Å²) in [4.78, 5) is 14.5. The molecule has 8 heteroatoms. The maximum Gasteiger partial charge on any atom is 0.228 e. The number of rotatable bonds is 4. The Balaban J connectivity index is 1.40. The first-order valence-corrected chi connectivity index (χ1v) is 13.2. The van der Waals surface area contributed by atoms with Crippen LogP contribution in [0.4, 0.5) is 0 Å². The second-order valence-electron chi connectivity index (χ2n) is 9.90. The molecule has 0 aliphatic carbocycles. The summed E-state index contributed by atoms with van der Waals surface area (Å²) in [6.45, 7) is 0. The van der Waals surface area contributed by atoms with Crippen molar-refractivity contribution in [1.82, 2.24) is 24.6 Å². The predicted molar refractivity (Wildman–Crippen MR) is 156 cm³/mol. The zero-order valence-electron chi connectivity index (χ0n) is 22.3. The zero-order chi connectivity index (χ0) is 27.5. The molecule has 0 saturated heterocycles. The second-order valence-corrected chi connectivity index (χ2v) is 9.90. The molecule has 0 radical (unpaired) electrons. The Kier molecular flexibility index (Phi) is 5.15. The first-order chi connectivity index (χ1) is 20.2. The van der Waals surface area contributed by atoms with Crippen LogP contribution in [0.25, 0.3) is 38.8 Å². The van der Waals surface area contributed by atoms with Crippen molar-refractivity contribution in [1.29, 1.82) is 0 Å². The van der Waals surface area contributed by atoms with Gasteiger partial charge in [0.1, 0.15) is 17.8 Å². The van der Waals surface area contributed by atoms with Crippen molar-refractivity contribution in [2.24, 2.45) is 0 Å². The maximum absolute atomic E-state index is 6.46. The van der Waals surface area contributed by atoms with Gasteiger partial charge in [0, 0.05) is 16.9 Å². The van der Waals surface area contributed by atoms with E-state index < -0.39 is 0 Å². The number of ether oxygens (including phenoxy) is 3. The monoisotopic (exact) mass is 537 g/mol. The Morgan fingerprint density at radius 2 is 1.56 bits per heavy atom. The lowest BCUT2D eigenvalue weighted by Crippen LogP contribution is -2.15. The lowest BCUT2D eigenvalue weighted by atomic mass is 9.81. The highest BCUT2D eigenvalue weighted by Crippen LogP contribution is 2.51. The molecule has 8 nitrogen and oxygen atoms in total. The molecule has 1 aliphatic rings. The molecule has 0 saturated carbocycles. The van der Waals surface area contributed by atoms with Gasteiger partial charge in [0.25, 0.3) is 0 Å². The summed E-state index contributed by atoms with van der Waals surface area (Å²) in [5.74, 6) is 2.79. The van der Waals surface area contributed by atoms with Crippen molar-refractivity contribution in [3.63, 3.8) is 0 Å². The molecule has 0 fully saturated rings. The minimum Gasteiger partial charge on any atom is -0.493 e. The number of nitrogens with zero attached hydrogens (tertiary/aromatic N) is 5. The van der Waals surface area contributed by atoms with Crippen LogP contribution in [0, 0.1) is 0 Å².